The molecular formula is C12H23NO3. The second-order valence-corrected chi connectivity index (χ2v) is 4.37. The largest absolute Gasteiger partial charge is 0.469 e. The van der Waals surface area contributed by atoms with Crippen molar-refractivity contribution >= 4 is 5.97 Å². The number of hydrogen-bond acceptors (Lipinski definition) is 4. The van der Waals surface area contributed by atoms with E-state index in [4.69, 9.17) is 0 Å². The minimum atomic E-state index is -0.230. The quantitative estimate of drug-likeness (QED) is 0.719. The summed E-state index contributed by atoms with van der Waals surface area (Å²) >= 11 is 0. The Hall–Kier alpha value is -0.610. The lowest BCUT2D eigenvalue weighted by Gasteiger charge is -2.36. The van der Waals surface area contributed by atoms with Gasteiger partial charge in [0.15, 0.2) is 0 Å². The third kappa shape index (κ3) is 3.76. The number of nitrogens with zero attached hydrogens (tertiary/aromatic N) is 1. The molecule has 4 heteroatoms. The second-order valence-electron chi connectivity index (χ2n) is 4.37. The second kappa shape index (κ2) is 6.86. The third-order valence-electron chi connectivity index (χ3n) is 3.40. The van der Waals surface area contributed by atoms with Crippen molar-refractivity contribution < 1.29 is 14.6 Å². The summed E-state index contributed by atoms with van der Waals surface area (Å²) in [6, 6.07) is 0.225. The highest BCUT2D eigenvalue weighted by atomic mass is 16.5. The van der Waals surface area contributed by atoms with Gasteiger partial charge in [-0.15, -0.1) is 0 Å². The fourth-order valence-corrected chi connectivity index (χ4v) is 2.41. The number of methoxy groups -OCH3 is 1. The van der Waals surface area contributed by atoms with Crippen molar-refractivity contribution in [1.29, 1.82) is 0 Å². The van der Waals surface area contributed by atoms with Crippen LogP contribution in [0.1, 0.15) is 39.0 Å². The molecule has 1 aliphatic carbocycles. The van der Waals surface area contributed by atoms with Crippen LogP contribution in [0.5, 0.6) is 0 Å². The summed E-state index contributed by atoms with van der Waals surface area (Å²) in [5, 5.41) is 9.94. The van der Waals surface area contributed by atoms with Gasteiger partial charge in [0.25, 0.3) is 0 Å². The number of likely N-dealkylation sites (N-methyl/N-ethyl adjacent to an activating group) is 1. The first kappa shape index (κ1) is 13.5. The molecule has 16 heavy (non-hydrogen) atoms. The van der Waals surface area contributed by atoms with Gasteiger partial charge in [0, 0.05) is 12.6 Å². The first-order chi connectivity index (χ1) is 7.69. The molecule has 0 aromatic carbocycles. The summed E-state index contributed by atoms with van der Waals surface area (Å²) in [4.78, 5) is 13.3. The Morgan fingerprint density at radius 1 is 1.44 bits per heavy atom. The summed E-state index contributed by atoms with van der Waals surface area (Å²) in [6.45, 7) is 3.63. The number of esters is 1. The Labute approximate surface area is 97.6 Å². The zero-order chi connectivity index (χ0) is 12.0. The minimum absolute atomic E-state index is 0.177. The lowest BCUT2D eigenvalue weighted by atomic mass is 9.91. The number of carbonyl (C=O) groups is 1. The molecular weight excluding hydrogens is 206 g/mol. The van der Waals surface area contributed by atoms with E-state index in [1.54, 1.807) is 0 Å². The number of ether oxygens (including phenoxy) is 1. The normalized spacial score (nSPS) is 25.8. The SMILES string of the molecule is CCN(CCC(=O)OC)C1CCCCC1O. The van der Waals surface area contributed by atoms with E-state index in [2.05, 4.69) is 16.6 Å². The average molecular weight is 229 g/mol. The molecule has 1 rings (SSSR count). The lowest BCUT2D eigenvalue weighted by molar-refractivity contribution is -0.141. The van der Waals surface area contributed by atoms with Crippen molar-refractivity contribution in [2.45, 2.75) is 51.2 Å². The van der Waals surface area contributed by atoms with Crippen LogP contribution in [0.4, 0.5) is 0 Å². The average Bonchev–Trinajstić information content (AvgIpc) is 2.31. The van der Waals surface area contributed by atoms with Crippen molar-refractivity contribution in [1.82, 2.24) is 4.90 Å². The number of aliphatic hydroxyl groups excluding tert-OH is 1. The van der Waals surface area contributed by atoms with E-state index in [1.165, 1.54) is 13.5 Å². The fourth-order valence-electron chi connectivity index (χ4n) is 2.41. The van der Waals surface area contributed by atoms with E-state index in [0.717, 1.165) is 25.8 Å². The third-order valence-corrected chi connectivity index (χ3v) is 3.40. The molecule has 0 aromatic rings. The topological polar surface area (TPSA) is 49.8 Å². The maximum absolute atomic E-state index is 11.1. The first-order valence-electron chi connectivity index (χ1n) is 6.18. The summed E-state index contributed by atoms with van der Waals surface area (Å²) in [5.74, 6) is -0.177. The van der Waals surface area contributed by atoms with Gasteiger partial charge in [-0.25, -0.2) is 0 Å². The van der Waals surface area contributed by atoms with Gasteiger partial charge in [-0.05, 0) is 19.4 Å². The van der Waals surface area contributed by atoms with Crippen LogP contribution in [0, 0.1) is 0 Å². The lowest BCUT2D eigenvalue weighted by Crippen LogP contribution is -2.46. The van der Waals surface area contributed by atoms with E-state index < -0.39 is 0 Å². The summed E-state index contributed by atoms with van der Waals surface area (Å²) < 4.78 is 4.63. The Kier molecular flexibility index (Phi) is 5.77. The van der Waals surface area contributed by atoms with E-state index in [0.29, 0.717) is 13.0 Å². The molecule has 0 bridgehead atoms. The zero-order valence-electron chi connectivity index (χ0n) is 10.3. The van der Waals surface area contributed by atoms with Gasteiger partial charge < -0.3 is 9.84 Å². The summed E-state index contributed by atoms with van der Waals surface area (Å²) in [6.07, 6.45) is 4.40. The summed E-state index contributed by atoms with van der Waals surface area (Å²) in [5.41, 5.74) is 0. The fraction of sp³-hybridized carbons (Fsp3) is 0.917. The zero-order valence-corrected chi connectivity index (χ0v) is 10.3. The van der Waals surface area contributed by atoms with E-state index >= 15 is 0 Å². The highest BCUT2D eigenvalue weighted by Crippen LogP contribution is 2.23. The van der Waals surface area contributed by atoms with Crippen LogP contribution in [0.3, 0.4) is 0 Å². The highest BCUT2D eigenvalue weighted by molar-refractivity contribution is 5.69. The van der Waals surface area contributed by atoms with Gasteiger partial charge in [-0.2, -0.15) is 0 Å². The Morgan fingerprint density at radius 2 is 2.12 bits per heavy atom. The molecule has 1 aliphatic rings. The number of hydrogen-bond donors (Lipinski definition) is 1. The molecule has 0 spiro atoms. The van der Waals surface area contributed by atoms with Gasteiger partial charge in [0.1, 0.15) is 0 Å². The van der Waals surface area contributed by atoms with Crippen molar-refractivity contribution in [2.24, 2.45) is 0 Å². The van der Waals surface area contributed by atoms with Crippen LogP contribution >= 0.6 is 0 Å². The molecule has 0 amide bonds. The highest BCUT2D eigenvalue weighted by Gasteiger charge is 2.27. The van der Waals surface area contributed by atoms with Gasteiger partial charge in [0.2, 0.25) is 0 Å². The van der Waals surface area contributed by atoms with Crippen LogP contribution in [-0.4, -0.2) is 48.3 Å². The molecule has 1 saturated carbocycles. The van der Waals surface area contributed by atoms with Crippen molar-refractivity contribution in [3.63, 3.8) is 0 Å². The van der Waals surface area contributed by atoms with Crippen LogP contribution in [0.2, 0.25) is 0 Å². The predicted molar refractivity (Wildman–Crippen MR) is 62.1 cm³/mol. The standard InChI is InChI=1S/C12H23NO3/c1-3-13(9-8-12(15)16-2)10-6-4-5-7-11(10)14/h10-11,14H,3-9H2,1-2H3. The van der Waals surface area contributed by atoms with Crippen LogP contribution in [0.25, 0.3) is 0 Å². The van der Waals surface area contributed by atoms with E-state index in [-0.39, 0.29) is 18.1 Å². The maximum atomic E-state index is 11.1. The molecule has 94 valence electrons. The number of aliphatic hydroxyl groups is 1. The maximum Gasteiger partial charge on any atom is 0.306 e. The Bertz CT molecular complexity index is 220. The van der Waals surface area contributed by atoms with E-state index in [1.807, 2.05) is 0 Å². The Morgan fingerprint density at radius 3 is 2.69 bits per heavy atom. The van der Waals surface area contributed by atoms with Gasteiger partial charge in [-0.3, -0.25) is 9.69 Å². The predicted octanol–water partition coefficient (Wildman–Crippen LogP) is 1.17. The molecule has 2 unspecified atom stereocenters. The smallest absolute Gasteiger partial charge is 0.306 e. The van der Waals surface area contributed by atoms with Crippen molar-refractivity contribution in [3.8, 4) is 0 Å². The van der Waals surface area contributed by atoms with Crippen LogP contribution < -0.4 is 0 Å². The molecule has 0 saturated heterocycles. The minimum Gasteiger partial charge on any atom is -0.469 e. The van der Waals surface area contributed by atoms with Gasteiger partial charge >= 0.3 is 5.97 Å². The van der Waals surface area contributed by atoms with Crippen molar-refractivity contribution in [3.05, 3.63) is 0 Å². The molecule has 1 fully saturated rings. The van der Waals surface area contributed by atoms with Crippen molar-refractivity contribution in [2.75, 3.05) is 20.2 Å². The summed E-state index contributed by atoms with van der Waals surface area (Å²) in [7, 11) is 1.41. The van der Waals surface area contributed by atoms with Gasteiger partial charge in [-0.1, -0.05) is 19.8 Å². The Balaban J connectivity index is 2.42. The molecule has 0 aliphatic heterocycles. The number of rotatable bonds is 5. The monoisotopic (exact) mass is 229 g/mol. The van der Waals surface area contributed by atoms with E-state index in [9.17, 15) is 9.90 Å². The van der Waals surface area contributed by atoms with Crippen LogP contribution in [-0.2, 0) is 9.53 Å². The molecule has 0 heterocycles. The van der Waals surface area contributed by atoms with Gasteiger partial charge in [0.05, 0.1) is 19.6 Å². The first-order valence-corrected chi connectivity index (χ1v) is 6.18. The molecule has 0 radical (unpaired) electrons. The molecule has 0 aromatic heterocycles. The molecule has 4 nitrogen and oxygen atoms in total. The van der Waals surface area contributed by atoms with Crippen LogP contribution in [0.15, 0.2) is 0 Å². The molecule has 1 N–H and O–H groups in total. The molecule has 2 atom stereocenters. The number of carbonyl (C=O) groups excluding carboxylic acids is 1.